The largest absolute Gasteiger partial charge is 0.362 e. The molecule has 0 aliphatic heterocycles. The third-order valence-corrected chi connectivity index (χ3v) is 1.39. The van der Waals surface area contributed by atoms with Crippen molar-refractivity contribution in [1.29, 1.82) is 0 Å². The number of methoxy groups -OCH3 is 1. The van der Waals surface area contributed by atoms with E-state index in [1.54, 1.807) is 19.5 Å². The Bertz CT molecular complexity index is 201. The van der Waals surface area contributed by atoms with Crippen LogP contribution in [0.1, 0.15) is 6.92 Å². The topological polar surface area (TPSA) is 34.1 Å². The van der Waals surface area contributed by atoms with E-state index in [0.717, 1.165) is 5.69 Å². The van der Waals surface area contributed by atoms with Gasteiger partial charge in [0.2, 0.25) is 0 Å². The van der Waals surface area contributed by atoms with Gasteiger partial charge in [-0.05, 0) is 19.1 Å². The Kier molecular flexibility index (Phi) is 2.86. The normalized spacial score (nSPS) is 12.5. The van der Waals surface area contributed by atoms with E-state index >= 15 is 0 Å². The highest BCUT2D eigenvalue weighted by molar-refractivity contribution is 5.39. The molecule has 11 heavy (non-hydrogen) atoms. The van der Waals surface area contributed by atoms with Gasteiger partial charge in [-0.1, -0.05) is 0 Å². The van der Waals surface area contributed by atoms with Gasteiger partial charge in [0.05, 0.1) is 5.69 Å². The van der Waals surface area contributed by atoms with Gasteiger partial charge in [-0.3, -0.25) is 4.98 Å². The molecule has 1 heterocycles. The van der Waals surface area contributed by atoms with Gasteiger partial charge in [-0.25, -0.2) is 0 Å². The number of hydrogen-bond acceptors (Lipinski definition) is 3. The summed E-state index contributed by atoms with van der Waals surface area (Å²) in [4.78, 5) is 3.95. The smallest absolute Gasteiger partial charge is 0.124 e. The predicted octanol–water partition coefficient (Wildman–Crippen LogP) is 1.49. The quantitative estimate of drug-likeness (QED) is 0.666. The molecular formula is C8H12N2O. The van der Waals surface area contributed by atoms with Crippen LogP contribution in [0.2, 0.25) is 0 Å². The first-order valence-electron chi connectivity index (χ1n) is 3.52. The Morgan fingerprint density at radius 3 is 3.00 bits per heavy atom. The number of nitrogens with one attached hydrogen (secondary N) is 1. The summed E-state index contributed by atoms with van der Waals surface area (Å²) >= 11 is 0. The average molecular weight is 152 g/mol. The molecule has 1 unspecified atom stereocenters. The van der Waals surface area contributed by atoms with Gasteiger partial charge < -0.3 is 10.1 Å². The van der Waals surface area contributed by atoms with Gasteiger partial charge in [0.1, 0.15) is 6.23 Å². The maximum Gasteiger partial charge on any atom is 0.124 e. The van der Waals surface area contributed by atoms with Crippen LogP contribution in [-0.2, 0) is 4.74 Å². The minimum absolute atomic E-state index is 0.0270. The van der Waals surface area contributed by atoms with Crippen molar-refractivity contribution < 1.29 is 4.74 Å². The SMILES string of the molecule is COC(C)Nc1cccnc1. The average Bonchev–Trinajstić information content (AvgIpc) is 2.06. The maximum absolute atomic E-state index is 5.02. The summed E-state index contributed by atoms with van der Waals surface area (Å²) in [6.45, 7) is 1.94. The van der Waals surface area contributed by atoms with Crippen molar-refractivity contribution in [2.24, 2.45) is 0 Å². The van der Waals surface area contributed by atoms with Crippen LogP contribution >= 0.6 is 0 Å². The zero-order valence-corrected chi connectivity index (χ0v) is 6.74. The number of hydrogen-bond donors (Lipinski definition) is 1. The third-order valence-electron chi connectivity index (χ3n) is 1.39. The molecule has 1 aromatic heterocycles. The number of ether oxygens (including phenoxy) is 1. The van der Waals surface area contributed by atoms with Gasteiger partial charge in [0, 0.05) is 19.5 Å². The molecule has 3 heteroatoms. The Balaban J connectivity index is 2.51. The van der Waals surface area contributed by atoms with Gasteiger partial charge in [0.25, 0.3) is 0 Å². The van der Waals surface area contributed by atoms with E-state index in [-0.39, 0.29) is 6.23 Å². The molecule has 0 saturated heterocycles. The second-order valence-corrected chi connectivity index (χ2v) is 2.26. The van der Waals surface area contributed by atoms with Crippen molar-refractivity contribution in [3.8, 4) is 0 Å². The molecule has 0 aliphatic rings. The summed E-state index contributed by atoms with van der Waals surface area (Å²) in [6, 6.07) is 3.83. The molecule has 0 bridgehead atoms. The van der Waals surface area contributed by atoms with Crippen LogP contribution in [0.4, 0.5) is 5.69 Å². The lowest BCUT2D eigenvalue weighted by Gasteiger charge is -2.11. The summed E-state index contributed by atoms with van der Waals surface area (Å²) < 4.78 is 5.02. The van der Waals surface area contributed by atoms with Crippen LogP contribution in [-0.4, -0.2) is 18.3 Å². The standard InChI is InChI=1S/C8H12N2O/c1-7(11-2)10-8-4-3-5-9-6-8/h3-7,10H,1-2H3. The summed E-state index contributed by atoms with van der Waals surface area (Å²) in [7, 11) is 1.66. The molecule has 0 amide bonds. The highest BCUT2D eigenvalue weighted by atomic mass is 16.5. The Morgan fingerprint density at radius 2 is 2.45 bits per heavy atom. The number of aromatic nitrogens is 1. The fourth-order valence-electron chi connectivity index (χ4n) is 0.742. The predicted molar refractivity (Wildman–Crippen MR) is 44.3 cm³/mol. The van der Waals surface area contributed by atoms with Gasteiger partial charge in [-0.15, -0.1) is 0 Å². The molecule has 1 aromatic rings. The van der Waals surface area contributed by atoms with Crippen LogP contribution in [0.15, 0.2) is 24.5 Å². The van der Waals surface area contributed by atoms with E-state index in [1.807, 2.05) is 19.1 Å². The number of pyridine rings is 1. The fourth-order valence-corrected chi connectivity index (χ4v) is 0.742. The first-order chi connectivity index (χ1) is 5.33. The molecular weight excluding hydrogens is 140 g/mol. The van der Waals surface area contributed by atoms with Gasteiger partial charge in [0.15, 0.2) is 0 Å². The number of rotatable bonds is 3. The van der Waals surface area contributed by atoms with Crippen molar-refractivity contribution in [3.63, 3.8) is 0 Å². The Labute approximate surface area is 66.4 Å². The third kappa shape index (κ3) is 2.55. The van der Waals surface area contributed by atoms with E-state index in [1.165, 1.54) is 0 Å². The van der Waals surface area contributed by atoms with E-state index in [9.17, 15) is 0 Å². The van der Waals surface area contributed by atoms with Crippen LogP contribution in [0, 0.1) is 0 Å². The number of nitrogens with zero attached hydrogens (tertiary/aromatic N) is 1. The highest BCUT2D eigenvalue weighted by Crippen LogP contribution is 2.04. The molecule has 3 nitrogen and oxygen atoms in total. The second-order valence-electron chi connectivity index (χ2n) is 2.26. The first kappa shape index (κ1) is 8.01. The molecule has 1 atom stereocenters. The van der Waals surface area contributed by atoms with Gasteiger partial charge in [-0.2, -0.15) is 0 Å². The summed E-state index contributed by atoms with van der Waals surface area (Å²) in [6.07, 6.45) is 3.53. The summed E-state index contributed by atoms with van der Waals surface area (Å²) in [5, 5.41) is 3.11. The first-order valence-corrected chi connectivity index (χ1v) is 3.52. The summed E-state index contributed by atoms with van der Waals surface area (Å²) in [5.41, 5.74) is 0.974. The lowest BCUT2D eigenvalue weighted by atomic mass is 10.4. The maximum atomic E-state index is 5.02. The van der Waals surface area contributed by atoms with E-state index in [0.29, 0.717) is 0 Å². The van der Waals surface area contributed by atoms with Crippen LogP contribution in [0.5, 0.6) is 0 Å². The lowest BCUT2D eigenvalue weighted by molar-refractivity contribution is 0.141. The fraction of sp³-hybridized carbons (Fsp3) is 0.375. The highest BCUT2D eigenvalue weighted by Gasteiger charge is 1.96. The van der Waals surface area contributed by atoms with Crippen LogP contribution in [0.3, 0.4) is 0 Å². The summed E-state index contributed by atoms with van der Waals surface area (Å²) in [5.74, 6) is 0. The van der Waals surface area contributed by atoms with Crippen molar-refractivity contribution in [1.82, 2.24) is 4.98 Å². The molecule has 0 fully saturated rings. The Hall–Kier alpha value is -1.09. The zero-order valence-electron chi connectivity index (χ0n) is 6.74. The van der Waals surface area contributed by atoms with Crippen LogP contribution < -0.4 is 5.32 Å². The monoisotopic (exact) mass is 152 g/mol. The van der Waals surface area contributed by atoms with Crippen molar-refractivity contribution in [3.05, 3.63) is 24.5 Å². The second kappa shape index (κ2) is 3.93. The molecule has 0 spiro atoms. The minimum atomic E-state index is 0.0270. The molecule has 1 N–H and O–H groups in total. The molecule has 60 valence electrons. The van der Waals surface area contributed by atoms with Crippen LogP contribution in [0.25, 0.3) is 0 Å². The van der Waals surface area contributed by atoms with Crippen molar-refractivity contribution in [2.75, 3.05) is 12.4 Å². The van der Waals surface area contributed by atoms with E-state index in [2.05, 4.69) is 10.3 Å². The minimum Gasteiger partial charge on any atom is -0.362 e. The zero-order chi connectivity index (χ0) is 8.10. The van der Waals surface area contributed by atoms with Crippen molar-refractivity contribution in [2.45, 2.75) is 13.2 Å². The molecule has 0 aromatic carbocycles. The van der Waals surface area contributed by atoms with Gasteiger partial charge >= 0.3 is 0 Å². The molecule has 0 saturated carbocycles. The molecule has 0 radical (unpaired) electrons. The Morgan fingerprint density at radius 1 is 1.64 bits per heavy atom. The molecule has 1 rings (SSSR count). The van der Waals surface area contributed by atoms with Crippen molar-refractivity contribution >= 4 is 5.69 Å². The number of anilines is 1. The van der Waals surface area contributed by atoms with E-state index in [4.69, 9.17) is 4.74 Å². The van der Waals surface area contributed by atoms with E-state index < -0.39 is 0 Å². The molecule has 0 aliphatic carbocycles. The lowest BCUT2D eigenvalue weighted by Crippen LogP contribution is -2.16.